The number of fused-ring (bicyclic) bond motifs is 1. The molecule has 4 rings (SSSR count). The molecule has 32 heavy (non-hydrogen) atoms. The van der Waals surface area contributed by atoms with E-state index >= 15 is 0 Å². The van der Waals surface area contributed by atoms with E-state index in [2.05, 4.69) is 10.6 Å². The number of carbonyl (C=O) groups is 2. The van der Waals surface area contributed by atoms with Crippen LogP contribution >= 0.6 is 11.3 Å². The summed E-state index contributed by atoms with van der Waals surface area (Å²) in [6, 6.07) is 26.5. The summed E-state index contributed by atoms with van der Waals surface area (Å²) in [5, 5.41) is 9.74. The Balaban J connectivity index is 1.36. The van der Waals surface area contributed by atoms with Gasteiger partial charge < -0.3 is 15.4 Å². The number of nitrogens with one attached hydrogen (secondary N) is 2. The minimum Gasteiger partial charge on any atom is -0.491 e. The average molecular weight is 445 g/mol. The lowest BCUT2D eigenvalue weighted by Crippen LogP contribution is -2.48. The highest BCUT2D eigenvalue weighted by Crippen LogP contribution is 2.24. The summed E-state index contributed by atoms with van der Waals surface area (Å²) in [4.78, 5) is 26.0. The second kappa shape index (κ2) is 10.6. The first-order valence-corrected chi connectivity index (χ1v) is 11.4. The monoisotopic (exact) mass is 444 g/mol. The molecule has 162 valence electrons. The second-order valence-electron chi connectivity index (χ2n) is 7.31. The molecule has 0 saturated carbocycles. The Morgan fingerprint density at radius 1 is 0.875 bits per heavy atom. The standard InChI is InChI=1S/C26H24N2O3S/c29-25(27-15-16-31-23-13-6-11-20-10-4-5-12-21(20)23)22(18-19-8-2-1-3-9-19)28-26(30)24-14-7-17-32-24/h1-14,17,22H,15-16,18H2,(H,27,29)(H,28,30). The minimum atomic E-state index is -0.676. The molecule has 0 bridgehead atoms. The normalized spacial score (nSPS) is 11.6. The molecule has 5 nitrogen and oxygen atoms in total. The highest BCUT2D eigenvalue weighted by molar-refractivity contribution is 7.12. The fourth-order valence-corrected chi connectivity index (χ4v) is 4.10. The van der Waals surface area contributed by atoms with Gasteiger partial charge >= 0.3 is 0 Å². The highest BCUT2D eigenvalue weighted by atomic mass is 32.1. The average Bonchev–Trinajstić information content (AvgIpc) is 3.37. The van der Waals surface area contributed by atoms with Crippen LogP contribution in [-0.2, 0) is 11.2 Å². The van der Waals surface area contributed by atoms with Gasteiger partial charge in [0.25, 0.3) is 5.91 Å². The van der Waals surface area contributed by atoms with Crippen molar-refractivity contribution < 1.29 is 14.3 Å². The van der Waals surface area contributed by atoms with E-state index in [0.29, 0.717) is 24.4 Å². The van der Waals surface area contributed by atoms with Gasteiger partial charge in [-0.25, -0.2) is 0 Å². The Hall–Kier alpha value is -3.64. The molecule has 1 aromatic heterocycles. The molecule has 1 atom stereocenters. The van der Waals surface area contributed by atoms with Crippen LogP contribution in [0.25, 0.3) is 10.8 Å². The van der Waals surface area contributed by atoms with Crippen LogP contribution in [-0.4, -0.2) is 31.0 Å². The van der Waals surface area contributed by atoms with Crippen molar-refractivity contribution in [3.63, 3.8) is 0 Å². The maximum atomic E-state index is 12.9. The SMILES string of the molecule is O=C(NC(Cc1ccccc1)C(=O)NCCOc1cccc2ccccc12)c1cccs1. The number of rotatable bonds is 9. The molecular weight excluding hydrogens is 420 g/mol. The van der Waals surface area contributed by atoms with Crippen LogP contribution in [0, 0.1) is 0 Å². The van der Waals surface area contributed by atoms with E-state index in [4.69, 9.17) is 4.74 Å². The molecule has 0 aliphatic carbocycles. The molecule has 3 aromatic carbocycles. The van der Waals surface area contributed by atoms with E-state index in [0.717, 1.165) is 22.1 Å². The predicted molar refractivity (Wildman–Crippen MR) is 128 cm³/mol. The smallest absolute Gasteiger partial charge is 0.262 e. The molecule has 0 spiro atoms. The number of carbonyl (C=O) groups excluding carboxylic acids is 2. The molecule has 0 aliphatic rings. The van der Waals surface area contributed by atoms with Gasteiger partial charge in [0, 0.05) is 11.8 Å². The molecule has 4 aromatic rings. The summed E-state index contributed by atoms with van der Waals surface area (Å²) >= 11 is 1.35. The molecule has 0 saturated heterocycles. The van der Waals surface area contributed by atoms with Crippen molar-refractivity contribution in [2.45, 2.75) is 12.5 Å². The summed E-state index contributed by atoms with van der Waals surface area (Å²) < 4.78 is 5.91. The van der Waals surface area contributed by atoms with Crippen molar-refractivity contribution in [1.82, 2.24) is 10.6 Å². The fraction of sp³-hybridized carbons (Fsp3) is 0.154. The number of ether oxygens (including phenoxy) is 1. The van der Waals surface area contributed by atoms with Gasteiger partial charge in [0.15, 0.2) is 0 Å². The van der Waals surface area contributed by atoms with E-state index in [-0.39, 0.29) is 11.8 Å². The molecule has 2 N–H and O–H groups in total. The van der Waals surface area contributed by atoms with Gasteiger partial charge in [-0.15, -0.1) is 11.3 Å². The molecule has 2 amide bonds. The van der Waals surface area contributed by atoms with Crippen molar-refractivity contribution in [2.24, 2.45) is 0 Å². The minimum absolute atomic E-state index is 0.236. The third-order valence-corrected chi connectivity index (χ3v) is 5.93. The van der Waals surface area contributed by atoms with Gasteiger partial charge in [0.1, 0.15) is 18.4 Å². The topological polar surface area (TPSA) is 67.4 Å². The summed E-state index contributed by atoms with van der Waals surface area (Å²) in [6.45, 7) is 0.666. The van der Waals surface area contributed by atoms with E-state index in [1.54, 1.807) is 6.07 Å². The molecule has 0 fully saturated rings. The zero-order valence-corrected chi connectivity index (χ0v) is 18.3. The van der Waals surface area contributed by atoms with Gasteiger partial charge in [0.05, 0.1) is 11.4 Å². The molecular formula is C26H24N2O3S. The largest absolute Gasteiger partial charge is 0.491 e. The number of thiophene rings is 1. The van der Waals surface area contributed by atoms with Crippen LogP contribution in [0.4, 0.5) is 0 Å². The van der Waals surface area contributed by atoms with Crippen molar-refractivity contribution in [3.05, 3.63) is 101 Å². The molecule has 6 heteroatoms. The van der Waals surface area contributed by atoms with Crippen LogP contribution in [0.2, 0.25) is 0 Å². The van der Waals surface area contributed by atoms with Gasteiger partial charge in [0.2, 0.25) is 5.91 Å². The maximum Gasteiger partial charge on any atom is 0.262 e. The zero-order chi connectivity index (χ0) is 22.2. The lowest BCUT2D eigenvalue weighted by Gasteiger charge is -2.18. The number of hydrogen-bond donors (Lipinski definition) is 2. The first-order valence-electron chi connectivity index (χ1n) is 10.5. The molecule has 1 unspecified atom stereocenters. The number of amides is 2. The van der Waals surface area contributed by atoms with Gasteiger partial charge in [-0.2, -0.15) is 0 Å². The van der Waals surface area contributed by atoms with Gasteiger partial charge in [-0.3, -0.25) is 9.59 Å². The quantitative estimate of drug-likeness (QED) is 0.375. The summed E-state index contributed by atoms with van der Waals surface area (Å²) in [5.41, 5.74) is 0.978. The maximum absolute atomic E-state index is 12.9. The van der Waals surface area contributed by atoms with Crippen LogP contribution in [0.15, 0.2) is 90.3 Å². The predicted octanol–water partition coefficient (Wildman–Crippen LogP) is 4.44. The summed E-state index contributed by atoms with van der Waals surface area (Å²) in [7, 11) is 0. The zero-order valence-electron chi connectivity index (χ0n) is 17.5. The van der Waals surface area contributed by atoms with Crippen molar-refractivity contribution in [3.8, 4) is 5.75 Å². The fourth-order valence-electron chi connectivity index (χ4n) is 3.48. The second-order valence-corrected chi connectivity index (χ2v) is 8.26. The van der Waals surface area contributed by atoms with Crippen molar-refractivity contribution in [1.29, 1.82) is 0 Å². The molecule has 1 heterocycles. The van der Waals surface area contributed by atoms with Crippen LogP contribution in [0.5, 0.6) is 5.75 Å². The lowest BCUT2D eigenvalue weighted by molar-refractivity contribution is -0.123. The first-order chi connectivity index (χ1) is 15.7. The van der Waals surface area contributed by atoms with E-state index in [1.165, 1.54) is 11.3 Å². The Bertz CT molecular complexity index is 1170. The highest BCUT2D eigenvalue weighted by Gasteiger charge is 2.22. The van der Waals surface area contributed by atoms with Crippen molar-refractivity contribution in [2.75, 3.05) is 13.2 Å². The van der Waals surface area contributed by atoms with Crippen LogP contribution < -0.4 is 15.4 Å². The summed E-state index contributed by atoms with van der Waals surface area (Å²) in [6.07, 6.45) is 0.411. The van der Waals surface area contributed by atoms with Crippen molar-refractivity contribution >= 4 is 33.9 Å². The van der Waals surface area contributed by atoms with Gasteiger partial charge in [-0.1, -0.05) is 72.8 Å². The summed E-state index contributed by atoms with van der Waals surface area (Å²) in [5.74, 6) is 0.299. The molecule has 0 aliphatic heterocycles. The Morgan fingerprint density at radius 3 is 2.47 bits per heavy atom. The number of hydrogen-bond acceptors (Lipinski definition) is 4. The number of benzene rings is 3. The van der Waals surface area contributed by atoms with Gasteiger partial charge in [-0.05, 0) is 28.5 Å². The third-order valence-electron chi connectivity index (χ3n) is 5.06. The third kappa shape index (κ3) is 5.53. The lowest BCUT2D eigenvalue weighted by atomic mass is 10.1. The van der Waals surface area contributed by atoms with Crippen LogP contribution in [0.1, 0.15) is 15.2 Å². The Kier molecular flexibility index (Phi) is 7.15. The molecule has 0 radical (unpaired) electrons. The van der Waals surface area contributed by atoms with E-state index in [9.17, 15) is 9.59 Å². The van der Waals surface area contributed by atoms with E-state index in [1.807, 2.05) is 84.2 Å². The van der Waals surface area contributed by atoms with Crippen LogP contribution in [0.3, 0.4) is 0 Å². The van der Waals surface area contributed by atoms with E-state index < -0.39 is 6.04 Å². The Morgan fingerprint density at radius 2 is 1.66 bits per heavy atom. The first kappa shape index (κ1) is 21.6. The Labute approximate surface area is 191 Å².